The highest BCUT2D eigenvalue weighted by molar-refractivity contribution is 6.37. The van der Waals surface area contributed by atoms with Crippen molar-refractivity contribution in [3.8, 4) is 5.75 Å². The number of nitrogens with one attached hydrogen (secondary N) is 1. The lowest BCUT2D eigenvalue weighted by atomic mass is 9.95. The third kappa shape index (κ3) is 2.83. The zero-order valence-electron chi connectivity index (χ0n) is 12.8. The van der Waals surface area contributed by atoms with Gasteiger partial charge in [-0.25, -0.2) is 0 Å². The minimum absolute atomic E-state index is 0.353. The van der Waals surface area contributed by atoms with Crippen molar-refractivity contribution in [3.05, 3.63) is 48.4 Å². The second-order valence-electron chi connectivity index (χ2n) is 5.37. The molecule has 0 radical (unpaired) electrons. The molecule has 1 aromatic heterocycles. The Bertz CT molecular complexity index is 931. The first-order valence-electron chi connectivity index (χ1n) is 7.30. The van der Waals surface area contributed by atoms with Gasteiger partial charge >= 0.3 is 6.36 Å². The number of anilines is 1. The molecule has 2 aromatic rings. The maximum absolute atomic E-state index is 12.6. The van der Waals surface area contributed by atoms with E-state index in [1.807, 2.05) is 0 Å². The summed E-state index contributed by atoms with van der Waals surface area (Å²) in [4.78, 5) is 13.9. The first kappa shape index (κ1) is 16.0. The Balaban J connectivity index is 1.70. The Labute approximate surface area is 143 Å². The zero-order chi connectivity index (χ0) is 18.3. The van der Waals surface area contributed by atoms with Crippen LogP contribution in [0.3, 0.4) is 0 Å². The van der Waals surface area contributed by atoms with Crippen LogP contribution in [0.4, 0.5) is 18.9 Å². The number of alkyl halides is 3. The number of hydrogen-bond acceptors (Lipinski definition) is 6. The lowest BCUT2D eigenvalue weighted by molar-refractivity contribution is -0.274. The van der Waals surface area contributed by atoms with Gasteiger partial charge in [-0.05, 0) is 29.5 Å². The topological polar surface area (TPSA) is 95.3 Å². The average Bonchev–Trinajstić information content (AvgIpc) is 3.27. The van der Waals surface area contributed by atoms with Crippen LogP contribution in [0.5, 0.6) is 5.75 Å². The van der Waals surface area contributed by atoms with Crippen LogP contribution in [0.15, 0.2) is 58.3 Å². The molecule has 1 N–H and O–H groups in total. The highest BCUT2D eigenvalue weighted by Crippen LogP contribution is 2.32. The maximum Gasteiger partial charge on any atom is 0.573 e. The van der Waals surface area contributed by atoms with Crippen LogP contribution in [0.1, 0.15) is 5.56 Å². The van der Waals surface area contributed by atoms with Gasteiger partial charge in [-0.2, -0.15) is 5.10 Å². The van der Waals surface area contributed by atoms with E-state index in [0.717, 1.165) is 12.1 Å². The lowest BCUT2D eigenvalue weighted by Crippen LogP contribution is -2.43. The van der Waals surface area contributed by atoms with Gasteiger partial charge in [0.05, 0.1) is 6.20 Å². The first-order valence-corrected chi connectivity index (χ1v) is 7.30. The van der Waals surface area contributed by atoms with Gasteiger partial charge in [0.2, 0.25) is 0 Å². The van der Waals surface area contributed by atoms with Crippen molar-refractivity contribution in [2.45, 2.75) is 12.4 Å². The number of nitrogens with zero attached hydrogens (tertiary/aromatic N) is 5. The molecule has 1 atom stereocenters. The van der Waals surface area contributed by atoms with E-state index >= 15 is 0 Å². The van der Waals surface area contributed by atoms with Crippen LogP contribution >= 0.6 is 0 Å². The summed E-state index contributed by atoms with van der Waals surface area (Å²) in [5.41, 5.74) is 2.01. The van der Waals surface area contributed by atoms with Crippen LogP contribution in [0, 0.1) is 0 Å². The van der Waals surface area contributed by atoms with Crippen LogP contribution < -0.4 is 9.64 Å². The number of ether oxygens (including phenoxy) is 1. The molecule has 1 amide bonds. The van der Waals surface area contributed by atoms with Crippen molar-refractivity contribution >= 4 is 22.9 Å². The normalized spacial score (nSPS) is 19.3. The van der Waals surface area contributed by atoms with Crippen molar-refractivity contribution in [1.82, 2.24) is 10.2 Å². The van der Waals surface area contributed by atoms with Gasteiger partial charge < -0.3 is 4.74 Å². The molecule has 8 nitrogen and oxygen atoms in total. The second-order valence-corrected chi connectivity index (χ2v) is 5.37. The molecule has 2 aliphatic rings. The van der Waals surface area contributed by atoms with E-state index in [9.17, 15) is 18.0 Å². The standard InChI is InChI=1S/C15H9F3N6O2/c16-15(17,18)26-10-3-1-9(2-4-10)24-7-11(8-5-19-20-6-8)12-13(14(24)25)22-23-21-12/h1-7,13H,(H,19,20). The van der Waals surface area contributed by atoms with Gasteiger partial charge in [0, 0.05) is 29.2 Å². The molecule has 0 spiro atoms. The maximum atomic E-state index is 12.6. The molecule has 0 bridgehead atoms. The number of H-pyrrole nitrogens is 1. The molecule has 132 valence electrons. The minimum Gasteiger partial charge on any atom is -0.406 e. The van der Waals surface area contributed by atoms with E-state index in [2.05, 4.69) is 30.4 Å². The summed E-state index contributed by atoms with van der Waals surface area (Å²) in [5.74, 6) is -0.797. The van der Waals surface area contributed by atoms with Gasteiger partial charge in [0.1, 0.15) is 11.5 Å². The molecule has 1 aromatic carbocycles. The highest BCUT2D eigenvalue weighted by Gasteiger charge is 2.39. The van der Waals surface area contributed by atoms with E-state index in [0.29, 0.717) is 22.5 Å². The van der Waals surface area contributed by atoms with Gasteiger partial charge in [-0.3, -0.25) is 14.8 Å². The van der Waals surface area contributed by atoms with Crippen LogP contribution in [0.2, 0.25) is 0 Å². The van der Waals surface area contributed by atoms with E-state index in [4.69, 9.17) is 0 Å². The molecule has 4 rings (SSSR count). The number of hydrogen-bond donors (Lipinski definition) is 1. The molecule has 0 saturated heterocycles. The largest absolute Gasteiger partial charge is 0.573 e. The van der Waals surface area contributed by atoms with Crippen LogP contribution in [-0.2, 0) is 4.79 Å². The fraction of sp³-hybridized carbons (Fsp3) is 0.133. The smallest absolute Gasteiger partial charge is 0.406 e. The minimum atomic E-state index is -4.79. The number of aromatic nitrogens is 2. The predicted octanol–water partition coefficient (Wildman–Crippen LogP) is 2.89. The predicted molar refractivity (Wildman–Crippen MR) is 83.3 cm³/mol. The number of carbonyl (C=O) groups is 1. The molecule has 1 unspecified atom stereocenters. The molecular formula is C15H9F3N6O2. The molecule has 26 heavy (non-hydrogen) atoms. The first-order chi connectivity index (χ1) is 12.4. The van der Waals surface area contributed by atoms with E-state index in [1.165, 1.54) is 23.2 Å². The summed E-state index contributed by atoms with van der Waals surface area (Å²) in [6.45, 7) is 0. The number of benzene rings is 1. The third-order valence-electron chi connectivity index (χ3n) is 3.74. The molecule has 3 heterocycles. The van der Waals surface area contributed by atoms with Gasteiger partial charge in [-0.1, -0.05) is 0 Å². The Morgan fingerprint density at radius 1 is 1.19 bits per heavy atom. The number of aromatic amines is 1. The summed E-state index contributed by atoms with van der Waals surface area (Å²) in [6, 6.07) is 4.03. The molecule has 0 fully saturated rings. The summed E-state index contributed by atoms with van der Waals surface area (Å²) < 4.78 is 40.7. The molecule has 0 aliphatic carbocycles. The number of halogens is 3. The number of amides is 1. The molecule has 2 aliphatic heterocycles. The van der Waals surface area contributed by atoms with Crippen molar-refractivity contribution in [1.29, 1.82) is 0 Å². The van der Waals surface area contributed by atoms with Crippen LogP contribution in [0.25, 0.3) is 5.57 Å². The van der Waals surface area contributed by atoms with Gasteiger partial charge in [0.15, 0.2) is 6.04 Å². The molecule has 11 heteroatoms. The Morgan fingerprint density at radius 3 is 2.62 bits per heavy atom. The quantitative estimate of drug-likeness (QED) is 0.909. The fourth-order valence-electron chi connectivity index (χ4n) is 2.62. The van der Waals surface area contributed by atoms with Crippen molar-refractivity contribution in [2.75, 3.05) is 4.90 Å². The number of fused-ring (bicyclic) bond motifs is 1. The van der Waals surface area contributed by atoms with E-state index < -0.39 is 18.3 Å². The number of rotatable bonds is 3. The Hall–Kier alpha value is -3.50. The monoisotopic (exact) mass is 362 g/mol. The zero-order valence-corrected chi connectivity index (χ0v) is 12.8. The lowest BCUT2D eigenvalue weighted by Gasteiger charge is -2.27. The van der Waals surface area contributed by atoms with E-state index in [1.54, 1.807) is 12.4 Å². The van der Waals surface area contributed by atoms with Gasteiger partial charge in [-0.15, -0.1) is 23.4 Å². The van der Waals surface area contributed by atoms with E-state index in [-0.39, 0.29) is 5.75 Å². The van der Waals surface area contributed by atoms with Crippen LogP contribution in [-0.4, -0.2) is 34.2 Å². The average molecular weight is 362 g/mol. The summed E-state index contributed by atoms with van der Waals surface area (Å²) in [5, 5.41) is 17.8. The third-order valence-corrected chi connectivity index (χ3v) is 3.74. The van der Waals surface area contributed by atoms with Crippen molar-refractivity contribution in [3.63, 3.8) is 0 Å². The van der Waals surface area contributed by atoms with Crippen molar-refractivity contribution in [2.24, 2.45) is 15.4 Å². The Morgan fingerprint density at radius 2 is 1.96 bits per heavy atom. The number of carbonyl (C=O) groups excluding carboxylic acids is 1. The fourth-order valence-corrected chi connectivity index (χ4v) is 2.62. The second kappa shape index (κ2) is 5.79. The Kier molecular flexibility index (Phi) is 3.56. The summed E-state index contributed by atoms with van der Waals surface area (Å²) in [7, 11) is 0. The molecular weight excluding hydrogens is 353 g/mol. The highest BCUT2D eigenvalue weighted by atomic mass is 19.4. The molecule has 0 saturated carbocycles. The van der Waals surface area contributed by atoms with Gasteiger partial charge in [0.25, 0.3) is 5.91 Å². The summed E-state index contributed by atoms with van der Waals surface area (Å²) in [6.07, 6.45) is -0.0825. The SMILES string of the molecule is O=C1C2N=NN=C2C(c2cn[nH]c2)=CN1c1ccc(OC(F)(F)F)cc1. The summed E-state index contributed by atoms with van der Waals surface area (Å²) >= 11 is 0. The van der Waals surface area contributed by atoms with Crippen molar-refractivity contribution < 1.29 is 22.7 Å².